The van der Waals surface area contributed by atoms with Crippen molar-refractivity contribution in [3.8, 4) is 0 Å². The van der Waals surface area contributed by atoms with Crippen LogP contribution in [-0.2, 0) is 4.79 Å². The summed E-state index contributed by atoms with van der Waals surface area (Å²) in [5.41, 5.74) is 0. The summed E-state index contributed by atoms with van der Waals surface area (Å²) < 4.78 is 0.380. The second-order valence-corrected chi connectivity index (χ2v) is 8.16. The van der Waals surface area contributed by atoms with Gasteiger partial charge in [0.25, 0.3) is 0 Å². The first-order valence-corrected chi connectivity index (χ1v) is 10.6. The number of carboxylic acid groups (broad SMARTS) is 1. The molecule has 0 aromatic heterocycles. The van der Waals surface area contributed by atoms with Crippen molar-refractivity contribution in [1.29, 1.82) is 0 Å². The molecular weight excluding hydrogens is 314 g/mol. The van der Waals surface area contributed by atoms with E-state index in [1.165, 1.54) is 77.0 Å². The maximum Gasteiger partial charge on any atom is 0.309 e. The van der Waals surface area contributed by atoms with Crippen LogP contribution in [0.2, 0.25) is 0 Å². The number of carbonyl (C=O) groups is 1. The summed E-state index contributed by atoms with van der Waals surface area (Å²) in [6.45, 7) is 2.75. The van der Waals surface area contributed by atoms with E-state index in [0.717, 1.165) is 12.8 Å². The predicted molar refractivity (Wildman–Crippen MR) is 106 cm³/mol. The Hall–Kier alpha value is -0.610. The van der Waals surface area contributed by atoms with Crippen LogP contribution in [0.3, 0.4) is 0 Å². The average molecular weight is 359 g/mol. The molecule has 0 aliphatic heterocycles. The van der Waals surface area contributed by atoms with Crippen molar-refractivity contribution >= 4 is 5.97 Å². The lowest BCUT2D eigenvalue weighted by molar-refractivity contribution is -0.936. The van der Waals surface area contributed by atoms with Gasteiger partial charge in [-0.2, -0.15) is 0 Å². The molecule has 2 N–H and O–H groups in total. The molecule has 0 amide bonds. The zero-order chi connectivity index (χ0) is 19.0. The normalized spacial score (nSPS) is 13.1. The highest BCUT2D eigenvalue weighted by molar-refractivity contribution is 5.66. The van der Waals surface area contributed by atoms with Crippen LogP contribution in [0.4, 0.5) is 0 Å². The van der Waals surface area contributed by atoms with Crippen molar-refractivity contribution in [2.24, 2.45) is 0 Å². The Kier molecular flexibility index (Phi) is 15.2. The van der Waals surface area contributed by atoms with Crippen molar-refractivity contribution in [1.82, 2.24) is 0 Å². The van der Waals surface area contributed by atoms with Gasteiger partial charge in [-0.05, 0) is 6.42 Å². The molecule has 0 saturated carbocycles. The molecule has 0 aliphatic carbocycles. The number of aliphatic carboxylic acids is 1. The second-order valence-electron chi connectivity index (χ2n) is 8.16. The molecule has 0 aromatic rings. The van der Waals surface area contributed by atoms with E-state index >= 15 is 0 Å². The SMILES string of the molecule is CCCCCCCCCCCCCCCC(O)[N+](C)(C)CCC(=O)O. The largest absolute Gasteiger partial charge is 0.481 e. The molecule has 0 aliphatic rings. The Morgan fingerprint density at radius 3 is 1.60 bits per heavy atom. The summed E-state index contributed by atoms with van der Waals surface area (Å²) in [4.78, 5) is 10.7. The lowest BCUT2D eigenvalue weighted by atomic mass is 10.0. The summed E-state index contributed by atoms with van der Waals surface area (Å²) in [5.74, 6) is -0.792. The summed E-state index contributed by atoms with van der Waals surface area (Å²) in [5, 5.41) is 19.0. The second kappa shape index (κ2) is 15.6. The minimum atomic E-state index is -0.792. The molecular formula is C21H44NO3+. The zero-order valence-corrected chi connectivity index (χ0v) is 17.1. The predicted octanol–water partition coefficient (Wildman–Crippen LogP) is 5.34. The van der Waals surface area contributed by atoms with Crippen molar-refractivity contribution < 1.29 is 19.5 Å². The smallest absolute Gasteiger partial charge is 0.309 e. The van der Waals surface area contributed by atoms with Crippen molar-refractivity contribution in [2.45, 2.75) is 109 Å². The summed E-state index contributed by atoms with van der Waals surface area (Å²) in [7, 11) is 3.83. The number of unbranched alkanes of at least 4 members (excludes halogenated alkanes) is 12. The molecule has 0 saturated heterocycles. The Bertz CT molecular complexity index is 318. The summed E-state index contributed by atoms with van der Waals surface area (Å²) >= 11 is 0. The number of hydrogen-bond donors (Lipinski definition) is 2. The highest BCUT2D eigenvalue weighted by Crippen LogP contribution is 2.16. The third-order valence-corrected chi connectivity index (χ3v) is 5.27. The first kappa shape index (κ1) is 24.4. The van der Waals surface area contributed by atoms with E-state index in [1.807, 2.05) is 14.1 Å². The Labute approximate surface area is 156 Å². The molecule has 25 heavy (non-hydrogen) atoms. The van der Waals surface area contributed by atoms with Gasteiger partial charge in [0.1, 0.15) is 0 Å². The van der Waals surface area contributed by atoms with E-state index in [2.05, 4.69) is 6.92 Å². The molecule has 0 bridgehead atoms. The maximum atomic E-state index is 10.7. The van der Waals surface area contributed by atoms with Crippen LogP contribution in [0, 0.1) is 0 Å². The lowest BCUT2D eigenvalue weighted by Gasteiger charge is -2.34. The Morgan fingerprint density at radius 1 is 0.800 bits per heavy atom. The van der Waals surface area contributed by atoms with E-state index in [1.54, 1.807) is 0 Å². The molecule has 4 heteroatoms. The molecule has 0 aromatic carbocycles. The van der Waals surface area contributed by atoms with Gasteiger partial charge >= 0.3 is 5.97 Å². The molecule has 1 unspecified atom stereocenters. The van der Waals surface area contributed by atoms with E-state index in [4.69, 9.17) is 5.11 Å². The highest BCUT2D eigenvalue weighted by atomic mass is 16.4. The van der Waals surface area contributed by atoms with E-state index in [9.17, 15) is 9.90 Å². The van der Waals surface area contributed by atoms with E-state index in [-0.39, 0.29) is 6.42 Å². The van der Waals surface area contributed by atoms with Crippen LogP contribution in [0.25, 0.3) is 0 Å². The minimum absolute atomic E-state index is 0.114. The highest BCUT2D eigenvalue weighted by Gasteiger charge is 2.25. The van der Waals surface area contributed by atoms with Gasteiger partial charge in [-0.15, -0.1) is 0 Å². The molecule has 0 spiro atoms. The Morgan fingerprint density at radius 2 is 1.20 bits per heavy atom. The Balaban J connectivity index is 3.41. The van der Waals surface area contributed by atoms with Crippen molar-refractivity contribution in [3.63, 3.8) is 0 Å². The van der Waals surface area contributed by atoms with Gasteiger partial charge in [0.05, 0.1) is 27.1 Å². The molecule has 0 heterocycles. The fraction of sp³-hybridized carbons (Fsp3) is 0.952. The van der Waals surface area contributed by atoms with Gasteiger partial charge < -0.3 is 14.7 Å². The summed E-state index contributed by atoms with van der Waals surface area (Å²) in [6.07, 6.45) is 17.7. The van der Waals surface area contributed by atoms with Crippen LogP contribution in [0.15, 0.2) is 0 Å². The van der Waals surface area contributed by atoms with Gasteiger partial charge in [-0.3, -0.25) is 4.79 Å². The molecule has 4 nitrogen and oxygen atoms in total. The van der Waals surface area contributed by atoms with Crippen LogP contribution in [-0.4, -0.2) is 47.5 Å². The number of hydrogen-bond acceptors (Lipinski definition) is 2. The maximum absolute atomic E-state index is 10.7. The number of nitrogens with zero attached hydrogens (tertiary/aromatic N) is 1. The van der Waals surface area contributed by atoms with Gasteiger partial charge in [0, 0.05) is 6.42 Å². The average Bonchev–Trinajstić information content (AvgIpc) is 2.57. The van der Waals surface area contributed by atoms with E-state index in [0.29, 0.717) is 11.0 Å². The topological polar surface area (TPSA) is 57.5 Å². The first-order chi connectivity index (χ1) is 11.9. The van der Waals surface area contributed by atoms with Crippen LogP contribution < -0.4 is 0 Å². The van der Waals surface area contributed by atoms with Crippen molar-refractivity contribution in [2.75, 3.05) is 20.6 Å². The zero-order valence-electron chi connectivity index (χ0n) is 17.1. The monoisotopic (exact) mass is 358 g/mol. The number of rotatable bonds is 18. The van der Waals surface area contributed by atoms with E-state index < -0.39 is 12.2 Å². The van der Waals surface area contributed by atoms with Gasteiger partial charge in [0.15, 0.2) is 6.23 Å². The van der Waals surface area contributed by atoms with Crippen molar-refractivity contribution in [3.05, 3.63) is 0 Å². The van der Waals surface area contributed by atoms with Gasteiger partial charge in [-0.1, -0.05) is 84.0 Å². The molecule has 150 valence electrons. The fourth-order valence-corrected chi connectivity index (χ4v) is 3.23. The number of quaternary nitrogens is 1. The van der Waals surface area contributed by atoms with Gasteiger partial charge in [0.2, 0.25) is 0 Å². The van der Waals surface area contributed by atoms with Crippen LogP contribution in [0.1, 0.15) is 103 Å². The molecule has 0 fully saturated rings. The third kappa shape index (κ3) is 15.4. The van der Waals surface area contributed by atoms with Gasteiger partial charge in [-0.25, -0.2) is 0 Å². The summed E-state index contributed by atoms with van der Waals surface area (Å²) in [6, 6.07) is 0. The number of carboxylic acids is 1. The number of aliphatic hydroxyl groups is 1. The number of aliphatic hydroxyl groups excluding tert-OH is 1. The lowest BCUT2D eigenvalue weighted by Crippen LogP contribution is -2.49. The quantitative estimate of drug-likeness (QED) is 0.198. The first-order valence-electron chi connectivity index (χ1n) is 10.6. The standard InChI is InChI=1S/C21H43NO3/c1-4-5-6-7-8-9-10-11-12-13-14-15-16-17-20(23)22(2,3)19-18-21(24)25/h20,23H,4-19H2,1-3H3/p+1. The minimum Gasteiger partial charge on any atom is -0.481 e. The van der Waals surface area contributed by atoms with Crippen LogP contribution in [0.5, 0.6) is 0 Å². The third-order valence-electron chi connectivity index (χ3n) is 5.27. The molecule has 0 rings (SSSR count). The molecule has 0 radical (unpaired) electrons. The fourth-order valence-electron chi connectivity index (χ4n) is 3.23. The van der Waals surface area contributed by atoms with Crippen LogP contribution >= 0.6 is 0 Å². The molecule has 1 atom stereocenters.